The molecule has 0 aliphatic rings. The topological polar surface area (TPSA) is 80.3 Å². The van der Waals surface area contributed by atoms with E-state index in [0.29, 0.717) is 0 Å². The van der Waals surface area contributed by atoms with Gasteiger partial charge in [-0.3, -0.25) is 0 Å². The molecule has 0 heterocycles. The molecule has 0 bridgehead atoms. The van der Waals surface area contributed by atoms with Crippen molar-refractivity contribution in [3.8, 4) is 0 Å². The molecule has 0 atom stereocenters. The smallest absolute Gasteiger partial charge is 0.0783 e. The summed E-state index contributed by atoms with van der Waals surface area (Å²) >= 11 is 1.40. The lowest BCUT2D eigenvalue weighted by Crippen LogP contribution is -2.50. The number of carbonyl (C=O) groups excluding carboxylic acids is 2. The Bertz CT molecular complexity index is 898. The van der Waals surface area contributed by atoms with E-state index in [2.05, 4.69) is 55.4 Å². The zero-order valence-corrected chi connectivity index (χ0v) is 30.7. The maximum atomic E-state index is 10.6. The molecule has 0 saturated heterocycles. The van der Waals surface area contributed by atoms with Gasteiger partial charge in [-0.1, -0.05) is 91.4 Å². The van der Waals surface area contributed by atoms with Crippen LogP contribution in [0.4, 0.5) is 0 Å². The molecule has 0 spiro atoms. The Labute approximate surface area is 280 Å². The summed E-state index contributed by atoms with van der Waals surface area (Å²) in [5.41, 5.74) is 0.244. The molecule has 0 fully saturated rings. The van der Waals surface area contributed by atoms with Gasteiger partial charge in [0.1, 0.15) is 0 Å². The molecule has 0 amide bonds. The number of hydrogen-bond acceptors (Lipinski definition) is 5. The summed E-state index contributed by atoms with van der Waals surface area (Å²) in [7, 11) is 0. The first-order valence-corrected chi connectivity index (χ1v) is 18.4. The largest absolute Gasteiger partial charge is 0.545 e. The fraction of sp³-hybridized carbons (Fsp3) is 0.632. The van der Waals surface area contributed by atoms with Gasteiger partial charge in [0.05, 0.1) is 64.3 Å². The third-order valence-electron chi connectivity index (χ3n) is 8.00. The molecule has 0 unspecified atom stereocenters. The van der Waals surface area contributed by atoms with Crippen LogP contribution in [0.5, 0.6) is 0 Å². The minimum absolute atomic E-state index is 0.122. The number of rotatable bonds is 20. The monoisotopic (exact) mass is 644 g/mol. The minimum atomic E-state index is -1.21. The summed E-state index contributed by atoms with van der Waals surface area (Å²) in [6.07, 6.45) is 10.7. The van der Waals surface area contributed by atoms with Crippen molar-refractivity contribution in [3.05, 3.63) is 59.7 Å². The Balaban J connectivity index is 0.000000668. The third-order valence-corrected chi connectivity index (χ3v) is 9.02. The molecule has 0 saturated carbocycles. The van der Waals surface area contributed by atoms with E-state index >= 15 is 0 Å². The summed E-state index contributed by atoms with van der Waals surface area (Å²) in [4.78, 5) is 22.9. The Morgan fingerprint density at radius 1 is 0.444 bits per heavy atom. The van der Waals surface area contributed by atoms with Crippen molar-refractivity contribution >= 4 is 23.7 Å². The molecule has 6 nitrogen and oxygen atoms in total. The Kier molecular flexibility index (Phi) is 23.5. The van der Waals surface area contributed by atoms with Gasteiger partial charge in [-0.15, -0.1) is 0 Å². The highest BCUT2D eigenvalue weighted by molar-refractivity contribution is 7.99. The molecule has 256 valence electrons. The van der Waals surface area contributed by atoms with Crippen molar-refractivity contribution < 1.29 is 28.8 Å². The molecular formula is C38H64N2O4S. The van der Waals surface area contributed by atoms with Gasteiger partial charge in [0.2, 0.25) is 0 Å². The van der Waals surface area contributed by atoms with Crippen molar-refractivity contribution in [2.75, 3.05) is 52.4 Å². The number of benzene rings is 2. The average molecular weight is 645 g/mol. The molecule has 0 aliphatic carbocycles. The molecule has 2 rings (SSSR count). The van der Waals surface area contributed by atoms with E-state index in [0.717, 1.165) is 9.79 Å². The van der Waals surface area contributed by atoms with Crippen molar-refractivity contribution in [1.82, 2.24) is 0 Å². The second-order valence-electron chi connectivity index (χ2n) is 12.2. The van der Waals surface area contributed by atoms with E-state index < -0.39 is 11.9 Å². The molecule has 0 radical (unpaired) electrons. The van der Waals surface area contributed by atoms with E-state index in [1.807, 2.05) is 0 Å². The molecule has 2 aromatic rings. The molecule has 2 aromatic carbocycles. The summed E-state index contributed by atoms with van der Waals surface area (Å²) in [5.74, 6) is -2.43. The van der Waals surface area contributed by atoms with Gasteiger partial charge < -0.3 is 28.8 Å². The van der Waals surface area contributed by atoms with Crippen molar-refractivity contribution in [2.45, 2.75) is 117 Å². The van der Waals surface area contributed by atoms with Gasteiger partial charge >= 0.3 is 0 Å². The minimum Gasteiger partial charge on any atom is -0.545 e. The standard InChI is InChI=1S/C14H10O4S.2C12H28N/c15-13(16)9-1-5-11(6-2-9)19-12-7-3-10(4-8-12)14(17)18;2*1-5-9-13(10-6-2,11-7-3)12-8-4/h1-8H,(H,15,16)(H,17,18);2*5-12H2,1-4H3/q;2*+1/p-2. The average Bonchev–Trinajstić information content (AvgIpc) is 2.99. The van der Waals surface area contributed by atoms with Crippen LogP contribution < -0.4 is 10.2 Å². The third kappa shape index (κ3) is 17.2. The molecule has 0 aromatic heterocycles. The quantitative estimate of drug-likeness (QED) is 0.140. The summed E-state index contributed by atoms with van der Waals surface area (Å²) < 4.78 is 2.75. The highest BCUT2D eigenvalue weighted by atomic mass is 32.2. The van der Waals surface area contributed by atoms with Crippen LogP contribution in [0.2, 0.25) is 0 Å². The lowest BCUT2D eigenvalue weighted by Gasteiger charge is -2.38. The van der Waals surface area contributed by atoms with Crippen LogP contribution in [-0.4, -0.2) is 73.3 Å². The molecule has 0 N–H and O–H groups in total. The van der Waals surface area contributed by atoms with Crippen molar-refractivity contribution in [2.24, 2.45) is 0 Å². The second kappa shape index (κ2) is 24.8. The van der Waals surface area contributed by atoms with E-state index in [9.17, 15) is 19.8 Å². The van der Waals surface area contributed by atoms with Gasteiger partial charge in [-0.2, -0.15) is 0 Å². The van der Waals surface area contributed by atoms with Crippen LogP contribution in [0.3, 0.4) is 0 Å². The number of aromatic carboxylic acids is 2. The van der Waals surface area contributed by atoms with Gasteiger partial charge in [0.25, 0.3) is 0 Å². The van der Waals surface area contributed by atoms with E-state index in [-0.39, 0.29) is 11.1 Å². The van der Waals surface area contributed by atoms with Crippen LogP contribution in [0.15, 0.2) is 58.3 Å². The summed E-state index contributed by atoms with van der Waals surface area (Å²) in [5, 5.41) is 21.2. The van der Waals surface area contributed by atoms with Gasteiger partial charge in [0.15, 0.2) is 0 Å². The van der Waals surface area contributed by atoms with Gasteiger partial charge in [-0.05, 0) is 86.8 Å². The van der Waals surface area contributed by atoms with E-state index in [1.54, 1.807) is 24.3 Å². The first-order valence-electron chi connectivity index (χ1n) is 17.6. The fourth-order valence-electron chi connectivity index (χ4n) is 6.59. The fourth-order valence-corrected chi connectivity index (χ4v) is 7.41. The van der Waals surface area contributed by atoms with E-state index in [1.165, 1.54) is 149 Å². The van der Waals surface area contributed by atoms with Gasteiger partial charge in [0, 0.05) is 9.79 Å². The molecular weight excluding hydrogens is 580 g/mol. The summed E-state index contributed by atoms with van der Waals surface area (Å²) in [6, 6.07) is 12.5. The highest BCUT2D eigenvalue weighted by Crippen LogP contribution is 2.27. The Hall–Kier alpha value is -2.35. The lowest BCUT2D eigenvalue weighted by atomic mass is 10.2. The molecule has 45 heavy (non-hydrogen) atoms. The summed E-state index contributed by atoms with van der Waals surface area (Å²) in [6.45, 7) is 29.6. The van der Waals surface area contributed by atoms with Crippen LogP contribution in [0, 0.1) is 0 Å². The number of carboxylic acid groups (broad SMARTS) is 2. The highest BCUT2D eigenvalue weighted by Gasteiger charge is 2.23. The van der Waals surface area contributed by atoms with E-state index in [4.69, 9.17) is 0 Å². The Morgan fingerprint density at radius 2 is 0.644 bits per heavy atom. The molecule has 7 heteroatoms. The second-order valence-corrected chi connectivity index (χ2v) is 13.3. The first kappa shape index (κ1) is 42.6. The Morgan fingerprint density at radius 3 is 0.800 bits per heavy atom. The number of quaternary nitrogens is 2. The lowest BCUT2D eigenvalue weighted by molar-refractivity contribution is -0.928. The predicted molar refractivity (Wildman–Crippen MR) is 187 cm³/mol. The number of carbonyl (C=O) groups is 2. The number of carboxylic acids is 2. The molecule has 0 aliphatic heterocycles. The number of nitrogens with zero attached hydrogens (tertiary/aromatic N) is 2. The van der Waals surface area contributed by atoms with Crippen LogP contribution >= 0.6 is 11.8 Å². The van der Waals surface area contributed by atoms with Crippen LogP contribution in [-0.2, 0) is 0 Å². The maximum Gasteiger partial charge on any atom is 0.0783 e. The van der Waals surface area contributed by atoms with Crippen molar-refractivity contribution in [1.29, 1.82) is 0 Å². The van der Waals surface area contributed by atoms with Crippen LogP contribution in [0.1, 0.15) is 127 Å². The van der Waals surface area contributed by atoms with Gasteiger partial charge in [-0.25, -0.2) is 0 Å². The zero-order chi connectivity index (χ0) is 34.1. The van der Waals surface area contributed by atoms with Crippen molar-refractivity contribution in [3.63, 3.8) is 0 Å². The SMILES string of the molecule is CCC[N+](CCC)(CCC)CCC.CCC[N+](CCC)(CCC)CCC.O=C([O-])c1ccc(Sc2ccc(C(=O)[O-])cc2)cc1. The first-order chi connectivity index (χ1) is 21.5. The number of hydrogen-bond donors (Lipinski definition) is 0. The van der Waals surface area contributed by atoms with Crippen LogP contribution in [0.25, 0.3) is 0 Å². The normalized spacial score (nSPS) is 11.2. The predicted octanol–water partition coefficient (Wildman–Crippen LogP) is 7.45. The zero-order valence-electron chi connectivity index (χ0n) is 29.9. The maximum absolute atomic E-state index is 10.6.